The van der Waals surface area contributed by atoms with Crippen molar-refractivity contribution in [3.8, 4) is 0 Å². The van der Waals surface area contributed by atoms with Gasteiger partial charge in [-0.15, -0.1) is 0 Å². The van der Waals surface area contributed by atoms with E-state index in [0.29, 0.717) is 17.3 Å². The van der Waals surface area contributed by atoms with Crippen LogP contribution in [0.5, 0.6) is 0 Å². The summed E-state index contributed by atoms with van der Waals surface area (Å²) in [5, 5.41) is 8.69. The maximum atomic E-state index is 13.8. The van der Waals surface area contributed by atoms with Crippen molar-refractivity contribution in [3.05, 3.63) is 28.5 Å². The standard InChI is InChI=1S/C12H13BrFNO4S/c13-8-1-4-11(10(14)7-8)20(18,19)15(9-2-3-9)6-5-12(16)17/h1,4,7,9H,2-3,5-6H2,(H,16,17). The summed E-state index contributed by atoms with van der Waals surface area (Å²) in [6.45, 7) is -0.141. The summed E-state index contributed by atoms with van der Waals surface area (Å²) in [5.74, 6) is -1.93. The van der Waals surface area contributed by atoms with Crippen LogP contribution in [0.3, 0.4) is 0 Å². The second kappa shape index (κ2) is 5.79. The topological polar surface area (TPSA) is 74.7 Å². The normalized spacial score (nSPS) is 15.6. The molecule has 0 spiro atoms. The molecule has 1 fully saturated rings. The van der Waals surface area contributed by atoms with Crippen molar-refractivity contribution in [2.24, 2.45) is 0 Å². The molecule has 0 aromatic heterocycles. The lowest BCUT2D eigenvalue weighted by Crippen LogP contribution is -2.35. The van der Waals surface area contributed by atoms with Gasteiger partial charge in [0.25, 0.3) is 0 Å². The van der Waals surface area contributed by atoms with Crippen molar-refractivity contribution in [2.75, 3.05) is 6.54 Å². The minimum absolute atomic E-state index is 0.141. The van der Waals surface area contributed by atoms with Crippen molar-refractivity contribution in [1.29, 1.82) is 0 Å². The van der Waals surface area contributed by atoms with Gasteiger partial charge < -0.3 is 5.11 Å². The summed E-state index contributed by atoms with van der Waals surface area (Å²) in [4.78, 5) is 10.2. The number of carboxylic acids is 1. The molecule has 0 atom stereocenters. The molecule has 1 aromatic carbocycles. The quantitative estimate of drug-likeness (QED) is 0.838. The van der Waals surface area contributed by atoms with Gasteiger partial charge in [0, 0.05) is 17.1 Å². The predicted octanol–water partition coefficient (Wildman–Crippen LogP) is 2.22. The molecule has 2 rings (SSSR count). The predicted molar refractivity (Wildman–Crippen MR) is 73.3 cm³/mol. The number of rotatable bonds is 6. The average Bonchev–Trinajstić information content (AvgIpc) is 3.12. The van der Waals surface area contributed by atoms with Crippen molar-refractivity contribution < 1.29 is 22.7 Å². The maximum absolute atomic E-state index is 13.8. The number of carboxylic acid groups (broad SMARTS) is 1. The molecule has 1 N–H and O–H groups in total. The average molecular weight is 366 g/mol. The molecule has 20 heavy (non-hydrogen) atoms. The molecular formula is C12H13BrFNO4S. The first-order valence-electron chi connectivity index (χ1n) is 6.01. The Morgan fingerprint density at radius 3 is 2.60 bits per heavy atom. The summed E-state index contributed by atoms with van der Waals surface area (Å²) >= 11 is 3.06. The third kappa shape index (κ3) is 3.36. The van der Waals surface area contributed by atoms with Crippen molar-refractivity contribution >= 4 is 31.9 Å². The molecule has 1 aliphatic rings. The fraction of sp³-hybridized carbons (Fsp3) is 0.417. The van der Waals surface area contributed by atoms with E-state index in [9.17, 15) is 17.6 Å². The third-order valence-corrected chi connectivity index (χ3v) is 5.46. The number of aliphatic carboxylic acids is 1. The van der Waals surface area contributed by atoms with Crippen LogP contribution in [0, 0.1) is 5.82 Å². The van der Waals surface area contributed by atoms with Crippen LogP contribution in [0.1, 0.15) is 19.3 Å². The second-order valence-electron chi connectivity index (χ2n) is 4.57. The number of hydrogen-bond acceptors (Lipinski definition) is 3. The highest BCUT2D eigenvalue weighted by Gasteiger charge is 2.39. The third-order valence-electron chi connectivity index (χ3n) is 2.98. The lowest BCUT2D eigenvalue weighted by Gasteiger charge is -2.21. The Hall–Kier alpha value is -0.990. The molecule has 0 radical (unpaired) electrons. The molecule has 0 aliphatic heterocycles. The lowest BCUT2D eigenvalue weighted by atomic mass is 10.3. The van der Waals surface area contributed by atoms with Crippen LogP contribution in [0.25, 0.3) is 0 Å². The number of halogens is 2. The summed E-state index contributed by atoms with van der Waals surface area (Å²) in [5.41, 5.74) is 0. The van der Waals surface area contributed by atoms with Crippen LogP contribution in [0.15, 0.2) is 27.6 Å². The number of carbonyl (C=O) groups is 1. The molecule has 0 saturated heterocycles. The highest BCUT2D eigenvalue weighted by atomic mass is 79.9. The molecule has 5 nitrogen and oxygen atoms in total. The van der Waals surface area contributed by atoms with Crippen molar-refractivity contribution in [1.82, 2.24) is 4.31 Å². The van der Waals surface area contributed by atoms with Crippen LogP contribution < -0.4 is 0 Å². The molecule has 8 heteroatoms. The van der Waals surface area contributed by atoms with Gasteiger partial charge in [-0.1, -0.05) is 15.9 Å². The van der Waals surface area contributed by atoms with Gasteiger partial charge in [0.2, 0.25) is 10.0 Å². The van der Waals surface area contributed by atoms with E-state index in [-0.39, 0.29) is 19.0 Å². The molecule has 1 aliphatic carbocycles. The number of hydrogen-bond donors (Lipinski definition) is 1. The van der Waals surface area contributed by atoms with Gasteiger partial charge in [-0.05, 0) is 31.0 Å². The zero-order valence-corrected chi connectivity index (χ0v) is 12.8. The van der Waals surface area contributed by atoms with Gasteiger partial charge in [0.1, 0.15) is 10.7 Å². The lowest BCUT2D eigenvalue weighted by molar-refractivity contribution is -0.137. The molecule has 0 heterocycles. The molecule has 0 bridgehead atoms. The van der Waals surface area contributed by atoms with E-state index in [1.807, 2.05) is 0 Å². The summed E-state index contributed by atoms with van der Waals surface area (Å²) in [7, 11) is -4.01. The zero-order chi connectivity index (χ0) is 14.9. The number of benzene rings is 1. The highest BCUT2D eigenvalue weighted by Crippen LogP contribution is 2.33. The monoisotopic (exact) mass is 365 g/mol. The van der Waals surface area contributed by atoms with E-state index in [1.54, 1.807) is 0 Å². The van der Waals surface area contributed by atoms with Crippen molar-refractivity contribution in [2.45, 2.75) is 30.2 Å². The Kier molecular flexibility index (Phi) is 4.46. The van der Waals surface area contributed by atoms with Crippen LogP contribution in [-0.2, 0) is 14.8 Å². The van der Waals surface area contributed by atoms with Gasteiger partial charge in [0.05, 0.1) is 6.42 Å². The van der Waals surface area contributed by atoms with E-state index in [1.165, 1.54) is 12.1 Å². The van der Waals surface area contributed by atoms with Crippen LogP contribution in [0.2, 0.25) is 0 Å². The van der Waals surface area contributed by atoms with E-state index in [0.717, 1.165) is 10.4 Å². The van der Waals surface area contributed by atoms with E-state index in [2.05, 4.69) is 15.9 Å². The summed E-state index contributed by atoms with van der Waals surface area (Å²) in [6, 6.07) is 3.49. The van der Waals surface area contributed by atoms with E-state index < -0.39 is 26.7 Å². The van der Waals surface area contributed by atoms with Gasteiger partial charge in [-0.3, -0.25) is 4.79 Å². The first-order chi connectivity index (χ1) is 9.32. The Morgan fingerprint density at radius 1 is 1.45 bits per heavy atom. The number of nitrogens with zero attached hydrogens (tertiary/aromatic N) is 1. The van der Waals surface area contributed by atoms with Gasteiger partial charge in [0.15, 0.2) is 0 Å². The van der Waals surface area contributed by atoms with Crippen molar-refractivity contribution in [3.63, 3.8) is 0 Å². The fourth-order valence-corrected chi connectivity index (χ4v) is 3.94. The summed E-state index contributed by atoms with van der Waals surface area (Å²) < 4.78 is 40.2. The van der Waals surface area contributed by atoms with Crippen LogP contribution in [0.4, 0.5) is 4.39 Å². The Labute approximate surface area is 124 Å². The molecule has 0 unspecified atom stereocenters. The van der Waals surface area contributed by atoms with E-state index in [4.69, 9.17) is 5.11 Å². The Balaban J connectivity index is 2.32. The zero-order valence-electron chi connectivity index (χ0n) is 10.4. The minimum Gasteiger partial charge on any atom is -0.481 e. The second-order valence-corrected chi connectivity index (χ2v) is 7.34. The van der Waals surface area contributed by atoms with Gasteiger partial charge >= 0.3 is 5.97 Å². The smallest absolute Gasteiger partial charge is 0.304 e. The van der Waals surface area contributed by atoms with Crippen LogP contribution in [-0.4, -0.2) is 36.4 Å². The number of sulfonamides is 1. The Morgan fingerprint density at radius 2 is 2.10 bits per heavy atom. The van der Waals surface area contributed by atoms with Gasteiger partial charge in [-0.25, -0.2) is 12.8 Å². The molecule has 1 aromatic rings. The SMILES string of the molecule is O=C(O)CCN(C1CC1)S(=O)(=O)c1ccc(Br)cc1F. The molecule has 0 amide bonds. The molecule has 1 saturated carbocycles. The minimum atomic E-state index is -4.01. The largest absolute Gasteiger partial charge is 0.481 e. The molecular weight excluding hydrogens is 353 g/mol. The van der Waals surface area contributed by atoms with E-state index >= 15 is 0 Å². The molecule has 110 valence electrons. The highest BCUT2D eigenvalue weighted by molar-refractivity contribution is 9.10. The Bertz CT molecular complexity index is 630. The van der Waals surface area contributed by atoms with Crippen LogP contribution >= 0.6 is 15.9 Å². The fourth-order valence-electron chi connectivity index (χ4n) is 1.88. The maximum Gasteiger partial charge on any atom is 0.304 e. The first-order valence-corrected chi connectivity index (χ1v) is 8.24. The summed E-state index contributed by atoms with van der Waals surface area (Å²) in [6.07, 6.45) is 1.06. The van der Waals surface area contributed by atoms with Gasteiger partial charge in [-0.2, -0.15) is 4.31 Å². The first kappa shape index (κ1) is 15.4.